The number of benzene rings is 1. The van der Waals surface area contributed by atoms with Crippen LogP contribution in [0.3, 0.4) is 0 Å². The first-order valence-corrected chi connectivity index (χ1v) is 6.98. The third-order valence-electron chi connectivity index (χ3n) is 2.16. The summed E-state index contributed by atoms with van der Waals surface area (Å²) in [6.45, 7) is 8.88. The molecule has 4 heteroatoms. The summed E-state index contributed by atoms with van der Waals surface area (Å²) < 4.78 is 12.1. The lowest BCUT2D eigenvalue weighted by Crippen LogP contribution is -2.22. The van der Waals surface area contributed by atoms with E-state index in [1.54, 1.807) is 0 Å². The van der Waals surface area contributed by atoms with Gasteiger partial charge in [-0.05, 0) is 39.0 Å². The summed E-state index contributed by atoms with van der Waals surface area (Å²) in [5, 5.41) is 3.30. The van der Waals surface area contributed by atoms with Crippen LogP contribution < -0.4 is 5.32 Å². The summed E-state index contributed by atoms with van der Waals surface area (Å²) >= 11 is 3.44. The Labute approximate surface area is 118 Å². The van der Waals surface area contributed by atoms with E-state index in [4.69, 9.17) is 9.47 Å². The Morgan fingerprint density at radius 2 is 1.94 bits per heavy atom. The summed E-state index contributed by atoms with van der Waals surface area (Å²) in [5.74, 6) is 0. The molecule has 0 bridgehead atoms. The van der Waals surface area contributed by atoms with Crippen LogP contribution in [0.1, 0.15) is 20.8 Å². The molecule has 0 saturated heterocycles. The lowest BCUT2D eigenvalue weighted by atomic mass is 10.2. The Hall–Kier alpha value is -0.580. The van der Waals surface area contributed by atoms with Gasteiger partial charge in [-0.15, -0.1) is 0 Å². The fourth-order valence-corrected chi connectivity index (χ4v) is 1.77. The molecule has 0 amide bonds. The highest BCUT2D eigenvalue weighted by Crippen LogP contribution is 2.15. The van der Waals surface area contributed by atoms with E-state index >= 15 is 0 Å². The number of hydrogen-bond donors (Lipinski definition) is 1. The maximum Gasteiger partial charge on any atom is 0.0707 e. The molecule has 0 fully saturated rings. The van der Waals surface area contributed by atoms with Gasteiger partial charge in [0.25, 0.3) is 0 Å². The molecule has 0 heterocycles. The van der Waals surface area contributed by atoms with E-state index in [0.29, 0.717) is 19.8 Å². The van der Waals surface area contributed by atoms with Crippen molar-refractivity contribution in [1.82, 2.24) is 0 Å². The summed E-state index contributed by atoms with van der Waals surface area (Å²) in [6.07, 6.45) is 0. The van der Waals surface area contributed by atoms with Crippen LogP contribution >= 0.6 is 15.9 Å². The van der Waals surface area contributed by atoms with E-state index in [9.17, 15) is 0 Å². The summed E-state index contributed by atoms with van der Waals surface area (Å²) in [5.41, 5.74) is 1.01. The molecule has 1 aromatic carbocycles. The van der Waals surface area contributed by atoms with Crippen molar-refractivity contribution in [2.75, 3.05) is 31.7 Å². The average Bonchev–Trinajstić information content (AvgIpc) is 2.26. The van der Waals surface area contributed by atoms with Crippen LogP contribution in [0.2, 0.25) is 0 Å². The Kier molecular flexibility index (Phi) is 6.68. The van der Waals surface area contributed by atoms with Crippen molar-refractivity contribution in [3.63, 3.8) is 0 Å². The van der Waals surface area contributed by atoms with Gasteiger partial charge in [-0.1, -0.05) is 22.0 Å². The summed E-state index contributed by atoms with van der Waals surface area (Å²) in [4.78, 5) is 0. The number of ether oxygens (including phenoxy) is 2. The maximum atomic E-state index is 5.56. The molecule has 0 aliphatic heterocycles. The fourth-order valence-electron chi connectivity index (χ4n) is 1.37. The van der Waals surface area contributed by atoms with Gasteiger partial charge in [-0.3, -0.25) is 0 Å². The molecule has 3 nitrogen and oxygen atoms in total. The molecule has 0 atom stereocenters. The second-order valence-electron chi connectivity index (χ2n) is 5.01. The van der Waals surface area contributed by atoms with Gasteiger partial charge in [0, 0.05) is 16.7 Å². The zero-order chi connectivity index (χ0) is 13.4. The Bertz CT molecular complexity index is 350. The van der Waals surface area contributed by atoms with Crippen LogP contribution in [0.4, 0.5) is 5.69 Å². The quantitative estimate of drug-likeness (QED) is 0.778. The normalized spacial score (nSPS) is 11.6. The van der Waals surface area contributed by atoms with Gasteiger partial charge < -0.3 is 14.8 Å². The van der Waals surface area contributed by atoms with Gasteiger partial charge >= 0.3 is 0 Å². The maximum absolute atomic E-state index is 5.56. The lowest BCUT2D eigenvalue weighted by molar-refractivity contribution is -0.0335. The van der Waals surface area contributed by atoms with Crippen molar-refractivity contribution in [2.24, 2.45) is 0 Å². The number of halogens is 1. The monoisotopic (exact) mass is 315 g/mol. The number of nitrogens with one attached hydrogen (secondary N) is 1. The second-order valence-corrected chi connectivity index (χ2v) is 5.93. The Morgan fingerprint density at radius 3 is 2.61 bits per heavy atom. The highest BCUT2D eigenvalue weighted by molar-refractivity contribution is 9.10. The van der Waals surface area contributed by atoms with E-state index in [1.807, 2.05) is 45.0 Å². The SMILES string of the molecule is CC(C)(C)OCCOCCNc1cccc(Br)c1. The van der Waals surface area contributed by atoms with Gasteiger partial charge in [-0.25, -0.2) is 0 Å². The van der Waals surface area contributed by atoms with E-state index in [2.05, 4.69) is 21.2 Å². The molecule has 1 N–H and O–H groups in total. The molecule has 0 unspecified atom stereocenters. The van der Waals surface area contributed by atoms with Crippen LogP contribution in [0.15, 0.2) is 28.7 Å². The predicted molar refractivity (Wildman–Crippen MR) is 79.2 cm³/mol. The fraction of sp³-hybridized carbons (Fsp3) is 0.571. The molecule has 102 valence electrons. The number of hydrogen-bond acceptors (Lipinski definition) is 3. The molecule has 0 spiro atoms. The number of rotatable bonds is 7. The van der Waals surface area contributed by atoms with Crippen LogP contribution in [-0.4, -0.2) is 32.0 Å². The number of anilines is 1. The van der Waals surface area contributed by atoms with Crippen molar-refractivity contribution in [3.05, 3.63) is 28.7 Å². The summed E-state index contributed by atoms with van der Waals surface area (Å²) in [6, 6.07) is 8.09. The largest absolute Gasteiger partial charge is 0.383 e. The smallest absolute Gasteiger partial charge is 0.0707 e. The van der Waals surface area contributed by atoms with Crippen molar-refractivity contribution in [3.8, 4) is 0 Å². The van der Waals surface area contributed by atoms with Crippen LogP contribution in [-0.2, 0) is 9.47 Å². The molecule has 0 radical (unpaired) electrons. The van der Waals surface area contributed by atoms with Gasteiger partial charge in [-0.2, -0.15) is 0 Å². The van der Waals surface area contributed by atoms with Crippen molar-refractivity contribution in [2.45, 2.75) is 26.4 Å². The standard InChI is InChI=1S/C14H22BrNO2/c1-14(2,3)18-10-9-17-8-7-16-13-6-4-5-12(15)11-13/h4-6,11,16H,7-10H2,1-3H3. The molecule has 0 aliphatic carbocycles. The Balaban J connectivity index is 2.02. The van der Waals surface area contributed by atoms with Crippen molar-refractivity contribution in [1.29, 1.82) is 0 Å². The minimum atomic E-state index is -0.0854. The van der Waals surface area contributed by atoms with Crippen LogP contribution in [0.25, 0.3) is 0 Å². The molecule has 1 rings (SSSR count). The van der Waals surface area contributed by atoms with Crippen LogP contribution in [0.5, 0.6) is 0 Å². The summed E-state index contributed by atoms with van der Waals surface area (Å²) in [7, 11) is 0. The van der Waals surface area contributed by atoms with Crippen LogP contribution in [0, 0.1) is 0 Å². The third-order valence-corrected chi connectivity index (χ3v) is 2.66. The minimum absolute atomic E-state index is 0.0854. The minimum Gasteiger partial charge on any atom is -0.383 e. The first-order chi connectivity index (χ1) is 8.47. The van der Waals surface area contributed by atoms with E-state index < -0.39 is 0 Å². The highest BCUT2D eigenvalue weighted by Gasteiger charge is 2.08. The molecule has 0 aromatic heterocycles. The van der Waals surface area contributed by atoms with E-state index in [0.717, 1.165) is 16.7 Å². The zero-order valence-corrected chi connectivity index (χ0v) is 12.9. The van der Waals surface area contributed by atoms with Gasteiger partial charge in [0.05, 0.1) is 25.4 Å². The van der Waals surface area contributed by atoms with Crippen molar-refractivity contribution < 1.29 is 9.47 Å². The average molecular weight is 316 g/mol. The molecular weight excluding hydrogens is 294 g/mol. The first kappa shape index (κ1) is 15.5. The molecule has 0 saturated carbocycles. The molecule has 0 aliphatic rings. The molecular formula is C14H22BrNO2. The van der Waals surface area contributed by atoms with Gasteiger partial charge in [0.2, 0.25) is 0 Å². The van der Waals surface area contributed by atoms with Crippen molar-refractivity contribution >= 4 is 21.6 Å². The third kappa shape index (κ3) is 7.69. The molecule has 1 aromatic rings. The predicted octanol–water partition coefficient (Wildman–Crippen LogP) is 3.69. The first-order valence-electron chi connectivity index (χ1n) is 6.18. The highest BCUT2D eigenvalue weighted by atomic mass is 79.9. The molecule has 18 heavy (non-hydrogen) atoms. The van der Waals surface area contributed by atoms with Gasteiger partial charge in [0.15, 0.2) is 0 Å². The van der Waals surface area contributed by atoms with Gasteiger partial charge in [0.1, 0.15) is 0 Å². The zero-order valence-electron chi connectivity index (χ0n) is 11.3. The Morgan fingerprint density at radius 1 is 1.17 bits per heavy atom. The topological polar surface area (TPSA) is 30.5 Å². The van der Waals surface area contributed by atoms with E-state index in [1.165, 1.54) is 0 Å². The lowest BCUT2D eigenvalue weighted by Gasteiger charge is -2.19. The van der Waals surface area contributed by atoms with E-state index in [-0.39, 0.29) is 5.60 Å². The second kappa shape index (κ2) is 7.77.